The molecule has 0 spiro atoms. The van der Waals surface area contributed by atoms with Gasteiger partial charge in [0.2, 0.25) is 0 Å². The third kappa shape index (κ3) is 4.63. The Bertz CT molecular complexity index is 268. The average molecular weight is 242 g/mol. The number of urea groups is 1. The van der Waals surface area contributed by atoms with Gasteiger partial charge in [-0.3, -0.25) is 4.79 Å². The van der Waals surface area contributed by atoms with Crippen LogP contribution in [0.1, 0.15) is 39.0 Å². The Balaban J connectivity index is 2.21. The van der Waals surface area contributed by atoms with Crippen molar-refractivity contribution >= 4 is 12.0 Å². The minimum Gasteiger partial charge on any atom is -0.481 e. The number of carboxylic acids is 1. The summed E-state index contributed by atoms with van der Waals surface area (Å²) in [6, 6.07) is -0.186. The Hall–Kier alpha value is -1.26. The van der Waals surface area contributed by atoms with E-state index in [1.54, 1.807) is 0 Å². The smallest absolute Gasteiger partial charge is 0.314 e. The van der Waals surface area contributed by atoms with Crippen molar-refractivity contribution < 1.29 is 14.7 Å². The SMILES string of the molecule is CCCCNC(=O)NCC1CCCC1C(=O)O. The zero-order valence-electron chi connectivity index (χ0n) is 10.4. The highest BCUT2D eigenvalue weighted by Gasteiger charge is 2.32. The number of carbonyl (C=O) groups is 2. The van der Waals surface area contributed by atoms with E-state index < -0.39 is 5.97 Å². The van der Waals surface area contributed by atoms with E-state index in [4.69, 9.17) is 5.11 Å². The second-order valence-corrected chi connectivity index (χ2v) is 4.63. The fraction of sp³-hybridized carbons (Fsp3) is 0.833. The molecule has 0 aliphatic heterocycles. The lowest BCUT2D eigenvalue weighted by Crippen LogP contribution is -2.40. The predicted molar refractivity (Wildman–Crippen MR) is 64.8 cm³/mol. The summed E-state index contributed by atoms with van der Waals surface area (Å²) in [4.78, 5) is 22.3. The van der Waals surface area contributed by atoms with Crippen molar-refractivity contribution in [1.82, 2.24) is 10.6 Å². The van der Waals surface area contributed by atoms with E-state index in [-0.39, 0.29) is 17.9 Å². The van der Waals surface area contributed by atoms with Crippen LogP contribution in [0.25, 0.3) is 0 Å². The van der Waals surface area contributed by atoms with Crippen molar-refractivity contribution in [1.29, 1.82) is 0 Å². The number of unbranched alkanes of at least 4 members (excludes halogenated alkanes) is 1. The summed E-state index contributed by atoms with van der Waals surface area (Å²) >= 11 is 0. The topological polar surface area (TPSA) is 78.4 Å². The Kier molecular flexibility index (Phi) is 5.80. The van der Waals surface area contributed by atoms with Crippen molar-refractivity contribution in [3.8, 4) is 0 Å². The number of carboxylic acid groups (broad SMARTS) is 1. The van der Waals surface area contributed by atoms with Crippen LogP contribution in [-0.2, 0) is 4.79 Å². The first-order chi connectivity index (χ1) is 8.15. The van der Waals surface area contributed by atoms with Crippen LogP contribution in [0.5, 0.6) is 0 Å². The van der Waals surface area contributed by atoms with Gasteiger partial charge in [-0.25, -0.2) is 4.79 Å². The van der Waals surface area contributed by atoms with Gasteiger partial charge in [0.05, 0.1) is 5.92 Å². The fourth-order valence-corrected chi connectivity index (χ4v) is 2.27. The third-order valence-electron chi connectivity index (χ3n) is 3.32. The van der Waals surface area contributed by atoms with Gasteiger partial charge >= 0.3 is 12.0 Å². The molecule has 3 N–H and O–H groups in total. The van der Waals surface area contributed by atoms with E-state index in [0.717, 1.165) is 32.1 Å². The van der Waals surface area contributed by atoms with Crippen LogP contribution in [0, 0.1) is 11.8 Å². The van der Waals surface area contributed by atoms with Crippen LogP contribution in [0.4, 0.5) is 4.79 Å². The van der Waals surface area contributed by atoms with Gasteiger partial charge < -0.3 is 15.7 Å². The van der Waals surface area contributed by atoms with E-state index in [1.165, 1.54) is 0 Å². The highest BCUT2D eigenvalue weighted by molar-refractivity contribution is 5.74. The van der Waals surface area contributed by atoms with Crippen molar-refractivity contribution in [2.24, 2.45) is 11.8 Å². The maximum atomic E-state index is 11.4. The Morgan fingerprint density at radius 3 is 2.71 bits per heavy atom. The van der Waals surface area contributed by atoms with Gasteiger partial charge in [0, 0.05) is 13.1 Å². The highest BCUT2D eigenvalue weighted by Crippen LogP contribution is 2.31. The molecule has 0 radical (unpaired) electrons. The largest absolute Gasteiger partial charge is 0.481 e. The molecule has 17 heavy (non-hydrogen) atoms. The maximum absolute atomic E-state index is 11.4. The second-order valence-electron chi connectivity index (χ2n) is 4.63. The van der Waals surface area contributed by atoms with Gasteiger partial charge in [0.1, 0.15) is 0 Å². The summed E-state index contributed by atoms with van der Waals surface area (Å²) in [5.74, 6) is -0.934. The van der Waals surface area contributed by atoms with Crippen LogP contribution in [0.15, 0.2) is 0 Å². The monoisotopic (exact) mass is 242 g/mol. The van der Waals surface area contributed by atoms with Crippen LogP contribution in [0.2, 0.25) is 0 Å². The molecular formula is C12H22N2O3. The normalized spacial score (nSPS) is 23.4. The molecule has 2 amide bonds. The summed E-state index contributed by atoms with van der Waals surface area (Å²) in [5, 5.41) is 14.5. The molecule has 0 aromatic rings. The zero-order valence-corrected chi connectivity index (χ0v) is 10.4. The maximum Gasteiger partial charge on any atom is 0.314 e. The van der Waals surface area contributed by atoms with Gasteiger partial charge in [-0.1, -0.05) is 19.8 Å². The molecular weight excluding hydrogens is 220 g/mol. The van der Waals surface area contributed by atoms with Crippen molar-refractivity contribution in [3.05, 3.63) is 0 Å². The number of carbonyl (C=O) groups excluding carboxylic acids is 1. The molecule has 0 aromatic heterocycles. The van der Waals surface area contributed by atoms with Gasteiger partial charge in [-0.2, -0.15) is 0 Å². The Morgan fingerprint density at radius 2 is 2.06 bits per heavy atom. The molecule has 0 heterocycles. The number of hydrogen-bond donors (Lipinski definition) is 3. The first-order valence-corrected chi connectivity index (χ1v) is 6.39. The molecule has 1 saturated carbocycles. The summed E-state index contributed by atoms with van der Waals surface area (Å²) in [5.41, 5.74) is 0. The quantitative estimate of drug-likeness (QED) is 0.619. The van der Waals surface area contributed by atoms with Gasteiger partial charge in [0.15, 0.2) is 0 Å². The number of amides is 2. The highest BCUT2D eigenvalue weighted by atomic mass is 16.4. The number of rotatable bonds is 6. The van der Waals surface area contributed by atoms with E-state index in [1.807, 2.05) is 0 Å². The molecule has 5 nitrogen and oxygen atoms in total. The van der Waals surface area contributed by atoms with Gasteiger partial charge in [0.25, 0.3) is 0 Å². The van der Waals surface area contributed by atoms with E-state index >= 15 is 0 Å². The summed E-state index contributed by atoms with van der Waals surface area (Å²) < 4.78 is 0. The molecule has 0 bridgehead atoms. The molecule has 1 aliphatic carbocycles. The summed E-state index contributed by atoms with van der Waals surface area (Å²) in [6.07, 6.45) is 4.59. The average Bonchev–Trinajstić information content (AvgIpc) is 2.75. The molecule has 2 atom stereocenters. The first-order valence-electron chi connectivity index (χ1n) is 6.39. The summed E-state index contributed by atoms with van der Waals surface area (Å²) in [7, 11) is 0. The van der Waals surface area contributed by atoms with Crippen LogP contribution >= 0.6 is 0 Å². The van der Waals surface area contributed by atoms with Crippen LogP contribution in [0.3, 0.4) is 0 Å². The lowest BCUT2D eigenvalue weighted by Gasteiger charge is -2.16. The van der Waals surface area contributed by atoms with E-state index in [9.17, 15) is 9.59 Å². The van der Waals surface area contributed by atoms with Gasteiger partial charge in [-0.05, 0) is 25.2 Å². The number of nitrogens with one attached hydrogen (secondary N) is 2. The number of hydrogen-bond acceptors (Lipinski definition) is 2. The van der Waals surface area contributed by atoms with Crippen molar-refractivity contribution in [3.63, 3.8) is 0 Å². The van der Waals surface area contributed by atoms with Crippen molar-refractivity contribution in [2.45, 2.75) is 39.0 Å². The third-order valence-corrected chi connectivity index (χ3v) is 3.32. The lowest BCUT2D eigenvalue weighted by atomic mass is 9.96. The molecule has 98 valence electrons. The van der Waals surface area contributed by atoms with Crippen LogP contribution < -0.4 is 10.6 Å². The minimum atomic E-state index is -0.735. The lowest BCUT2D eigenvalue weighted by molar-refractivity contribution is -0.142. The molecule has 1 aliphatic rings. The minimum absolute atomic E-state index is 0.0874. The molecule has 1 fully saturated rings. The van der Waals surface area contributed by atoms with Crippen LogP contribution in [-0.4, -0.2) is 30.2 Å². The van der Waals surface area contributed by atoms with E-state index in [2.05, 4.69) is 17.6 Å². The van der Waals surface area contributed by atoms with E-state index in [0.29, 0.717) is 13.1 Å². The summed E-state index contributed by atoms with van der Waals surface area (Å²) in [6.45, 7) is 3.21. The predicted octanol–water partition coefficient (Wildman–Crippen LogP) is 1.59. The zero-order chi connectivity index (χ0) is 12.7. The Morgan fingerprint density at radius 1 is 1.29 bits per heavy atom. The molecule has 0 aromatic carbocycles. The molecule has 5 heteroatoms. The van der Waals surface area contributed by atoms with Crippen molar-refractivity contribution in [2.75, 3.05) is 13.1 Å². The van der Waals surface area contributed by atoms with Gasteiger partial charge in [-0.15, -0.1) is 0 Å². The molecule has 2 unspecified atom stereocenters. The standard InChI is InChI=1S/C12H22N2O3/c1-2-3-7-13-12(17)14-8-9-5-4-6-10(9)11(15)16/h9-10H,2-8H2,1H3,(H,15,16)(H2,13,14,17). The first kappa shape index (κ1) is 13.8. The fourth-order valence-electron chi connectivity index (χ4n) is 2.27. The number of aliphatic carboxylic acids is 1. The molecule has 1 rings (SSSR count). The molecule has 0 saturated heterocycles. The second kappa shape index (κ2) is 7.14. The Labute approximate surface area is 102 Å².